The SMILES string of the molecule is COc1cc2c(cc1Nc1ncnc3sc4c(c13)CCC(C(=O)N(CCO)CCO)C4)C=NC2. The molecule has 1 aliphatic carbocycles. The van der Waals surface area contributed by atoms with E-state index in [1.165, 1.54) is 5.56 Å². The van der Waals surface area contributed by atoms with Crippen molar-refractivity contribution in [3.63, 3.8) is 0 Å². The summed E-state index contributed by atoms with van der Waals surface area (Å²) >= 11 is 1.60. The normalized spacial score (nSPS) is 16.4. The van der Waals surface area contributed by atoms with E-state index in [0.717, 1.165) is 49.9 Å². The van der Waals surface area contributed by atoms with Gasteiger partial charge in [0.05, 0.1) is 37.9 Å². The van der Waals surface area contributed by atoms with E-state index in [4.69, 9.17) is 4.74 Å². The molecular weight excluding hydrogens is 454 g/mol. The number of rotatable bonds is 8. The van der Waals surface area contributed by atoms with E-state index >= 15 is 0 Å². The standard InChI is InChI=1S/C24H27N5O4S/c1-33-19-9-16-12-25-11-15(16)8-18(19)28-22-21-17-3-2-14(24(32)29(4-6-30)5-7-31)10-20(17)34-23(21)27-13-26-22/h8-9,11,13-14,30-31H,2-7,10,12H2,1H3,(H,26,27,28). The number of thiophene rings is 1. The molecule has 178 valence electrons. The van der Waals surface area contributed by atoms with Crippen LogP contribution in [0.3, 0.4) is 0 Å². The molecule has 9 nitrogen and oxygen atoms in total. The van der Waals surface area contributed by atoms with Gasteiger partial charge in [-0.2, -0.15) is 0 Å². The summed E-state index contributed by atoms with van der Waals surface area (Å²) < 4.78 is 5.61. The van der Waals surface area contributed by atoms with Crippen LogP contribution in [0.25, 0.3) is 10.2 Å². The second kappa shape index (κ2) is 9.65. The third-order valence-corrected chi connectivity index (χ3v) is 7.61. The zero-order chi connectivity index (χ0) is 23.7. The molecule has 0 bridgehead atoms. The summed E-state index contributed by atoms with van der Waals surface area (Å²) in [7, 11) is 1.65. The van der Waals surface area contributed by atoms with Crippen LogP contribution in [-0.2, 0) is 24.2 Å². The van der Waals surface area contributed by atoms with Gasteiger partial charge in [0.15, 0.2) is 0 Å². The molecule has 1 aromatic carbocycles. The molecule has 34 heavy (non-hydrogen) atoms. The molecule has 0 fully saturated rings. The average Bonchev–Trinajstić information content (AvgIpc) is 3.46. The molecule has 1 aliphatic heterocycles. The molecule has 1 unspecified atom stereocenters. The fourth-order valence-corrected chi connectivity index (χ4v) is 6.05. The Hall–Kier alpha value is -3.08. The minimum atomic E-state index is -0.167. The van der Waals surface area contributed by atoms with Crippen LogP contribution < -0.4 is 10.1 Å². The van der Waals surface area contributed by atoms with Gasteiger partial charge in [-0.05, 0) is 48.1 Å². The first kappa shape index (κ1) is 22.7. The van der Waals surface area contributed by atoms with Gasteiger partial charge < -0.3 is 25.2 Å². The Morgan fingerprint density at radius 1 is 1.26 bits per heavy atom. The number of carbonyl (C=O) groups excluding carboxylic acids is 1. The van der Waals surface area contributed by atoms with Crippen LogP contribution in [0.2, 0.25) is 0 Å². The number of nitrogens with zero attached hydrogens (tertiary/aromatic N) is 4. The quantitative estimate of drug-likeness (QED) is 0.451. The highest BCUT2D eigenvalue weighted by atomic mass is 32.1. The zero-order valence-corrected chi connectivity index (χ0v) is 19.8. The Bertz CT molecular complexity index is 1250. The number of aliphatic imine (C=N–C) groups is 1. The number of nitrogens with one attached hydrogen (secondary N) is 1. The predicted octanol–water partition coefficient (Wildman–Crippen LogP) is 2.29. The Balaban J connectivity index is 1.45. The number of ether oxygens (including phenoxy) is 1. The van der Waals surface area contributed by atoms with Crippen molar-refractivity contribution >= 4 is 45.2 Å². The fraction of sp³-hybridized carbons (Fsp3) is 0.417. The van der Waals surface area contributed by atoms with Crippen molar-refractivity contribution in [1.82, 2.24) is 14.9 Å². The number of methoxy groups -OCH3 is 1. The van der Waals surface area contributed by atoms with Crippen molar-refractivity contribution in [2.45, 2.75) is 25.8 Å². The number of hydrogen-bond acceptors (Lipinski definition) is 9. The van der Waals surface area contributed by atoms with Crippen LogP contribution in [0.15, 0.2) is 23.5 Å². The lowest BCUT2D eigenvalue weighted by Crippen LogP contribution is -2.41. The largest absolute Gasteiger partial charge is 0.495 e. The van der Waals surface area contributed by atoms with E-state index in [2.05, 4.69) is 20.3 Å². The molecule has 0 radical (unpaired) electrons. The maximum Gasteiger partial charge on any atom is 0.226 e. The lowest BCUT2D eigenvalue weighted by Gasteiger charge is -2.28. The van der Waals surface area contributed by atoms with Crippen molar-refractivity contribution in [2.75, 3.05) is 38.7 Å². The Morgan fingerprint density at radius 3 is 2.85 bits per heavy atom. The molecule has 0 saturated heterocycles. The van der Waals surface area contributed by atoms with E-state index in [1.807, 2.05) is 18.3 Å². The summed E-state index contributed by atoms with van der Waals surface area (Å²) in [6, 6.07) is 4.04. The van der Waals surface area contributed by atoms with Gasteiger partial charge in [-0.3, -0.25) is 9.79 Å². The molecule has 3 aromatic rings. The second-order valence-corrected chi connectivity index (χ2v) is 9.55. The number of fused-ring (bicyclic) bond motifs is 4. The molecular formula is C24H27N5O4S. The van der Waals surface area contributed by atoms with Crippen LogP contribution in [-0.4, -0.2) is 70.6 Å². The van der Waals surface area contributed by atoms with Gasteiger partial charge in [-0.15, -0.1) is 11.3 Å². The topological polar surface area (TPSA) is 120 Å². The lowest BCUT2D eigenvalue weighted by molar-refractivity contribution is -0.136. The molecule has 2 aromatic heterocycles. The van der Waals surface area contributed by atoms with E-state index in [1.54, 1.807) is 29.7 Å². The van der Waals surface area contributed by atoms with Crippen molar-refractivity contribution in [2.24, 2.45) is 10.9 Å². The first-order valence-electron chi connectivity index (χ1n) is 11.4. The molecule has 3 N–H and O–H groups in total. The highest BCUT2D eigenvalue weighted by molar-refractivity contribution is 7.19. The Labute approximate surface area is 201 Å². The number of aliphatic hydroxyl groups excluding tert-OH is 2. The van der Waals surface area contributed by atoms with Gasteiger partial charge in [0.2, 0.25) is 5.91 Å². The first-order chi connectivity index (χ1) is 16.6. The average molecular weight is 482 g/mol. The maximum atomic E-state index is 13.0. The Kier molecular flexibility index (Phi) is 6.44. The number of amides is 1. The zero-order valence-electron chi connectivity index (χ0n) is 19.0. The van der Waals surface area contributed by atoms with Crippen LogP contribution in [0.5, 0.6) is 5.75 Å². The summed E-state index contributed by atoms with van der Waals surface area (Å²) in [4.78, 5) is 30.0. The van der Waals surface area contributed by atoms with Gasteiger partial charge in [-0.25, -0.2) is 9.97 Å². The van der Waals surface area contributed by atoms with Gasteiger partial charge in [0.25, 0.3) is 0 Å². The highest BCUT2D eigenvalue weighted by Crippen LogP contribution is 2.42. The highest BCUT2D eigenvalue weighted by Gasteiger charge is 2.31. The first-order valence-corrected chi connectivity index (χ1v) is 12.2. The maximum absolute atomic E-state index is 13.0. The number of benzene rings is 1. The summed E-state index contributed by atoms with van der Waals surface area (Å²) in [5.74, 6) is 1.28. The van der Waals surface area contributed by atoms with Crippen LogP contribution in [0, 0.1) is 5.92 Å². The number of aryl methyl sites for hydroxylation is 1. The third kappa shape index (κ3) is 4.13. The smallest absolute Gasteiger partial charge is 0.226 e. The minimum Gasteiger partial charge on any atom is -0.495 e. The third-order valence-electron chi connectivity index (χ3n) is 6.45. The summed E-state index contributed by atoms with van der Waals surface area (Å²) in [5, 5.41) is 23.0. The van der Waals surface area contributed by atoms with Crippen LogP contribution in [0.4, 0.5) is 11.5 Å². The molecule has 2 aliphatic rings. The van der Waals surface area contributed by atoms with E-state index in [9.17, 15) is 15.0 Å². The van der Waals surface area contributed by atoms with Gasteiger partial charge in [0.1, 0.15) is 22.7 Å². The lowest BCUT2D eigenvalue weighted by atomic mass is 9.87. The molecule has 10 heteroatoms. The van der Waals surface area contributed by atoms with Crippen LogP contribution in [0.1, 0.15) is 28.0 Å². The Morgan fingerprint density at radius 2 is 2.09 bits per heavy atom. The number of aliphatic hydroxyl groups is 2. The molecule has 1 atom stereocenters. The minimum absolute atomic E-state index is 0.0137. The molecule has 0 spiro atoms. The number of hydrogen-bond donors (Lipinski definition) is 3. The predicted molar refractivity (Wildman–Crippen MR) is 131 cm³/mol. The van der Waals surface area contributed by atoms with Crippen molar-refractivity contribution < 1.29 is 19.7 Å². The van der Waals surface area contributed by atoms with E-state index in [-0.39, 0.29) is 38.1 Å². The van der Waals surface area contributed by atoms with Crippen LogP contribution >= 0.6 is 11.3 Å². The molecule has 0 saturated carbocycles. The van der Waals surface area contributed by atoms with Gasteiger partial charge >= 0.3 is 0 Å². The number of anilines is 2. The van der Waals surface area contributed by atoms with E-state index in [0.29, 0.717) is 19.4 Å². The monoisotopic (exact) mass is 481 g/mol. The van der Waals surface area contributed by atoms with Gasteiger partial charge in [0, 0.05) is 30.1 Å². The second-order valence-electron chi connectivity index (χ2n) is 8.46. The van der Waals surface area contributed by atoms with Gasteiger partial charge in [-0.1, -0.05) is 0 Å². The number of carbonyl (C=O) groups is 1. The molecule has 3 heterocycles. The van der Waals surface area contributed by atoms with Crippen molar-refractivity contribution in [1.29, 1.82) is 0 Å². The molecule has 5 rings (SSSR count). The van der Waals surface area contributed by atoms with Crippen molar-refractivity contribution in [3.8, 4) is 5.75 Å². The summed E-state index contributed by atoms with van der Waals surface area (Å²) in [6.07, 6.45) is 5.50. The van der Waals surface area contributed by atoms with Crippen molar-refractivity contribution in [3.05, 3.63) is 40.0 Å². The fourth-order valence-electron chi connectivity index (χ4n) is 4.78. The number of aromatic nitrogens is 2. The summed E-state index contributed by atoms with van der Waals surface area (Å²) in [6.45, 7) is 0.907. The summed E-state index contributed by atoms with van der Waals surface area (Å²) in [5.41, 5.74) is 4.21. The van der Waals surface area contributed by atoms with E-state index < -0.39 is 0 Å². The molecule has 1 amide bonds.